The molecule has 1 fully saturated rings. The number of carbonyl (C=O) groups excluding carboxylic acids is 1. The fourth-order valence-electron chi connectivity index (χ4n) is 2.38. The summed E-state index contributed by atoms with van der Waals surface area (Å²) in [6, 6.07) is 0.405. The molecule has 0 aliphatic carbocycles. The number of nitrogens with zero attached hydrogens (tertiary/aromatic N) is 2. The molecule has 2 unspecified atom stereocenters. The van der Waals surface area contributed by atoms with E-state index >= 15 is 0 Å². The van der Waals surface area contributed by atoms with Crippen LogP contribution in [0.1, 0.15) is 13.3 Å². The van der Waals surface area contributed by atoms with E-state index in [1.165, 1.54) is 0 Å². The van der Waals surface area contributed by atoms with Crippen LogP contribution in [0.4, 0.5) is 0 Å². The Labute approximate surface area is 105 Å². The van der Waals surface area contributed by atoms with E-state index in [1.54, 1.807) is 0 Å². The highest BCUT2D eigenvalue weighted by Gasteiger charge is 2.29. The van der Waals surface area contributed by atoms with Crippen molar-refractivity contribution in [3.05, 3.63) is 0 Å². The molecule has 96 valence electrons. The van der Waals surface area contributed by atoms with Crippen LogP contribution in [0, 0.1) is 5.92 Å². The van der Waals surface area contributed by atoms with Crippen molar-refractivity contribution in [3.63, 3.8) is 0 Å². The second-order valence-electron chi connectivity index (χ2n) is 4.63. The number of likely N-dealkylation sites (N-methyl/N-ethyl adjacent to an activating group) is 2. The molecule has 0 aromatic carbocycles. The fourth-order valence-corrected chi connectivity index (χ4v) is 2.38. The first-order valence-electron chi connectivity index (χ1n) is 5.65. The smallest absolute Gasteiger partial charge is 0.236 e. The zero-order valence-electron chi connectivity index (χ0n) is 10.7. The van der Waals surface area contributed by atoms with Gasteiger partial charge in [0.1, 0.15) is 0 Å². The standard InChI is InChI=1S/C11H23N3O.ClH/c1-9-8-13(3)6-5-10(9)14(4)11(15)7-12-2;/h9-10,12H,5-8H2,1-4H3;1H. The Hall–Kier alpha value is -0.320. The number of amides is 1. The number of nitrogens with one attached hydrogen (secondary N) is 1. The molecule has 1 heterocycles. The molecule has 0 aromatic rings. The molecule has 16 heavy (non-hydrogen) atoms. The average molecular weight is 250 g/mol. The third-order valence-electron chi connectivity index (χ3n) is 3.28. The lowest BCUT2D eigenvalue weighted by molar-refractivity contribution is -0.132. The summed E-state index contributed by atoms with van der Waals surface area (Å²) in [5.74, 6) is 0.758. The first-order valence-corrected chi connectivity index (χ1v) is 5.65. The zero-order chi connectivity index (χ0) is 11.4. The number of piperidine rings is 1. The summed E-state index contributed by atoms with van der Waals surface area (Å²) in [4.78, 5) is 16.0. The maximum absolute atomic E-state index is 11.7. The second-order valence-corrected chi connectivity index (χ2v) is 4.63. The molecule has 1 amide bonds. The third kappa shape index (κ3) is 3.92. The quantitative estimate of drug-likeness (QED) is 0.788. The van der Waals surface area contributed by atoms with Gasteiger partial charge >= 0.3 is 0 Å². The molecule has 0 bridgehead atoms. The lowest BCUT2D eigenvalue weighted by Gasteiger charge is -2.40. The van der Waals surface area contributed by atoms with Crippen molar-refractivity contribution >= 4 is 18.3 Å². The van der Waals surface area contributed by atoms with E-state index < -0.39 is 0 Å². The minimum absolute atomic E-state index is 0. The first-order chi connectivity index (χ1) is 7.06. The summed E-state index contributed by atoms with van der Waals surface area (Å²) in [6.45, 7) is 4.84. The van der Waals surface area contributed by atoms with Crippen molar-refractivity contribution in [1.82, 2.24) is 15.1 Å². The summed E-state index contributed by atoms with van der Waals surface area (Å²) in [7, 11) is 5.87. The molecule has 0 aromatic heterocycles. The molecule has 0 saturated carbocycles. The normalized spacial score (nSPS) is 26.0. The van der Waals surface area contributed by atoms with Crippen LogP contribution in [-0.2, 0) is 4.79 Å². The van der Waals surface area contributed by atoms with Gasteiger partial charge < -0.3 is 15.1 Å². The number of rotatable bonds is 3. The summed E-state index contributed by atoms with van der Waals surface area (Å²) >= 11 is 0. The fraction of sp³-hybridized carbons (Fsp3) is 0.909. The van der Waals surface area contributed by atoms with Crippen LogP contribution in [0.3, 0.4) is 0 Å². The summed E-state index contributed by atoms with van der Waals surface area (Å²) in [5.41, 5.74) is 0. The molecule has 1 N–H and O–H groups in total. The topological polar surface area (TPSA) is 35.6 Å². The average Bonchev–Trinajstić information content (AvgIpc) is 2.17. The van der Waals surface area contributed by atoms with Gasteiger partial charge in [-0.1, -0.05) is 6.92 Å². The van der Waals surface area contributed by atoms with Gasteiger partial charge in [-0.2, -0.15) is 0 Å². The molecule has 5 heteroatoms. The van der Waals surface area contributed by atoms with Gasteiger partial charge in [0.2, 0.25) is 5.91 Å². The molecule has 1 saturated heterocycles. The van der Waals surface area contributed by atoms with E-state index in [0.29, 0.717) is 18.5 Å². The Balaban J connectivity index is 0.00000225. The Kier molecular flexibility index (Phi) is 6.95. The molecule has 0 spiro atoms. The highest BCUT2D eigenvalue weighted by molar-refractivity contribution is 5.85. The molecular formula is C11H24ClN3O. The van der Waals surface area contributed by atoms with Crippen LogP contribution in [0.2, 0.25) is 0 Å². The second kappa shape index (κ2) is 7.09. The highest BCUT2D eigenvalue weighted by Crippen LogP contribution is 2.20. The minimum Gasteiger partial charge on any atom is -0.341 e. The van der Waals surface area contributed by atoms with Gasteiger partial charge in [0, 0.05) is 19.6 Å². The largest absolute Gasteiger partial charge is 0.341 e. The molecule has 2 atom stereocenters. The Morgan fingerprint density at radius 2 is 2.19 bits per heavy atom. The van der Waals surface area contributed by atoms with Crippen LogP contribution in [0.25, 0.3) is 0 Å². The lowest BCUT2D eigenvalue weighted by atomic mass is 9.93. The molecule has 1 aliphatic rings. The first kappa shape index (κ1) is 15.7. The molecule has 4 nitrogen and oxygen atoms in total. The maximum Gasteiger partial charge on any atom is 0.236 e. The van der Waals surface area contributed by atoms with Crippen molar-refractivity contribution in [1.29, 1.82) is 0 Å². The predicted molar refractivity (Wildman–Crippen MR) is 69.0 cm³/mol. The van der Waals surface area contributed by atoms with Crippen molar-refractivity contribution in [3.8, 4) is 0 Å². The van der Waals surface area contributed by atoms with Crippen LogP contribution in [0.15, 0.2) is 0 Å². The van der Waals surface area contributed by atoms with Gasteiger partial charge in [0.15, 0.2) is 0 Å². The maximum atomic E-state index is 11.7. The van der Waals surface area contributed by atoms with E-state index in [1.807, 2.05) is 19.0 Å². The van der Waals surface area contributed by atoms with Crippen molar-refractivity contribution < 1.29 is 4.79 Å². The molecule has 1 rings (SSSR count). The van der Waals surface area contributed by atoms with Crippen LogP contribution in [-0.4, -0.2) is 62.5 Å². The van der Waals surface area contributed by atoms with Gasteiger partial charge in [-0.05, 0) is 33.0 Å². The molecule has 1 aliphatic heterocycles. The van der Waals surface area contributed by atoms with E-state index in [4.69, 9.17) is 0 Å². The van der Waals surface area contributed by atoms with Gasteiger partial charge in [0.05, 0.1) is 6.54 Å². The van der Waals surface area contributed by atoms with E-state index in [9.17, 15) is 4.79 Å². The number of halogens is 1. The SMILES string of the molecule is CNCC(=O)N(C)C1CCN(C)CC1C.Cl. The van der Waals surface area contributed by atoms with Gasteiger partial charge in [-0.15, -0.1) is 12.4 Å². The summed E-state index contributed by atoms with van der Waals surface area (Å²) in [6.07, 6.45) is 1.09. The summed E-state index contributed by atoms with van der Waals surface area (Å²) < 4.78 is 0. The number of likely N-dealkylation sites (tertiary alicyclic amines) is 1. The molecule has 0 radical (unpaired) electrons. The van der Waals surface area contributed by atoms with Crippen molar-refractivity contribution in [2.75, 3.05) is 40.8 Å². The van der Waals surface area contributed by atoms with E-state index in [-0.39, 0.29) is 18.3 Å². The zero-order valence-corrected chi connectivity index (χ0v) is 11.5. The van der Waals surface area contributed by atoms with E-state index in [2.05, 4.69) is 24.2 Å². The molecular weight excluding hydrogens is 226 g/mol. The monoisotopic (exact) mass is 249 g/mol. The number of carbonyl (C=O) groups is 1. The van der Waals surface area contributed by atoms with E-state index in [0.717, 1.165) is 19.5 Å². The summed E-state index contributed by atoms with van der Waals surface area (Å²) in [5, 5.41) is 2.91. The number of hydrogen-bond acceptors (Lipinski definition) is 3. The van der Waals surface area contributed by atoms with Crippen LogP contribution >= 0.6 is 12.4 Å². The highest BCUT2D eigenvalue weighted by atomic mass is 35.5. The Morgan fingerprint density at radius 3 is 2.69 bits per heavy atom. The van der Waals surface area contributed by atoms with Gasteiger partial charge in [-0.3, -0.25) is 4.79 Å². The van der Waals surface area contributed by atoms with Crippen LogP contribution < -0.4 is 5.32 Å². The Bertz CT molecular complexity index is 225. The number of hydrogen-bond donors (Lipinski definition) is 1. The van der Waals surface area contributed by atoms with Crippen molar-refractivity contribution in [2.45, 2.75) is 19.4 Å². The van der Waals surface area contributed by atoms with Crippen molar-refractivity contribution in [2.24, 2.45) is 5.92 Å². The minimum atomic E-state index is 0. The third-order valence-corrected chi connectivity index (χ3v) is 3.28. The van der Waals surface area contributed by atoms with Crippen LogP contribution in [0.5, 0.6) is 0 Å². The Morgan fingerprint density at radius 1 is 1.56 bits per heavy atom. The predicted octanol–water partition coefficient (Wildman–Crippen LogP) is 0.426. The lowest BCUT2D eigenvalue weighted by Crippen LogP contribution is -2.51. The van der Waals surface area contributed by atoms with Gasteiger partial charge in [0.25, 0.3) is 0 Å². The van der Waals surface area contributed by atoms with Gasteiger partial charge in [-0.25, -0.2) is 0 Å².